The van der Waals surface area contributed by atoms with E-state index in [0.29, 0.717) is 11.3 Å². The van der Waals surface area contributed by atoms with Gasteiger partial charge in [-0.05, 0) is 19.1 Å². The van der Waals surface area contributed by atoms with E-state index in [0.717, 1.165) is 16.3 Å². The van der Waals surface area contributed by atoms with E-state index < -0.39 is 11.5 Å². The lowest BCUT2D eigenvalue weighted by Gasteiger charge is -2.07. The van der Waals surface area contributed by atoms with Gasteiger partial charge in [0.15, 0.2) is 11.5 Å². The van der Waals surface area contributed by atoms with Gasteiger partial charge in [-0.25, -0.2) is 4.98 Å². The molecule has 2 heterocycles. The van der Waals surface area contributed by atoms with E-state index >= 15 is 0 Å². The first kappa shape index (κ1) is 12.5. The molecule has 0 radical (unpaired) electrons. The number of nitrogens with one attached hydrogen (secondary N) is 1. The molecule has 102 valence electrons. The maximum atomic E-state index is 9.95. The van der Waals surface area contributed by atoms with E-state index in [4.69, 9.17) is 0 Å². The molecule has 0 fully saturated rings. The van der Waals surface area contributed by atoms with Crippen molar-refractivity contribution in [2.75, 3.05) is 0 Å². The highest BCUT2D eigenvalue weighted by Crippen LogP contribution is 2.43. The Labute approximate surface area is 118 Å². The summed E-state index contributed by atoms with van der Waals surface area (Å²) in [4.78, 5) is 4.37. The average molecular weight is 289 g/mol. The number of aromatic hydroxyl groups is 3. The van der Waals surface area contributed by atoms with Crippen LogP contribution in [0.4, 0.5) is 0 Å². The van der Waals surface area contributed by atoms with Crippen molar-refractivity contribution in [3.63, 3.8) is 0 Å². The Morgan fingerprint density at radius 1 is 1.10 bits per heavy atom. The number of rotatable bonds is 2. The minimum atomic E-state index is -0.558. The number of aromatic nitrogens is 3. The quantitative estimate of drug-likeness (QED) is 0.543. The lowest BCUT2D eigenvalue weighted by atomic mass is 10.0. The van der Waals surface area contributed by atoms with E-state index in [1.165, 1.54) is 23.5 Å². The molecule has 0 saturated carbocycles. The predicted octanol–water partition coefficient (Wildman–Crippen LogP) is 2.63. The molecule has 20 heavy (non-hydrogen) atoms. The monoisotopic (exact) mass is 289 g/mol. The number of thiazole rings is 1. The number of hydrogen-bond donors (Lipinski definition) is 4. The molecule has 4 N–H and O–H groups in total. The molecular weight excluding hydrogens is 278 g/mol. The second-order valence-electron chi connectivity index (χ2n) is 4.24. The fourth-order valence-corrected chi connectivity index (χ4v) is 2.56. The first-order valence-corrected chi connectivity index (χ1v) is 6.66. The summed E-state index contributed by atoms with van der Waals surface area (Å²) in [6.07, 6.45) is 1.60. The summed E-state index contributed by atoms with van der Waals surface area (Å²) in [7, 11) is 0. The first-order valence-electron chi connectivity index (χ1n) is 5.78. The average Bonchev–Trinajstić information content (AvgIpc) is 3.04. The molecule has 0 aliphatic heterocycles. The smallest absolute Gasteiger partial charge is 0.200 e. The van der Waals surface area contributed by atoms with E-state index in [-0.39, 0.29) is 5.75 Å². The fourth-order valence-electron chi connectivity index (χ4n) is 1.94. The van der Waals surface area contributed by atoms with Crippen LogP contribution in [0.5, 0.6) is 17.2 Å². The number of benzene rings is 1. The van der Waals surface area contributed by atoms with Crippen LogP contribution in [0.15, 0.2) is 23.7 Å². The fraction of sp³-hybridized carbons (Fsp3) is 0.0769. The molecule has 0 aliphatic carbocycles. The highest BCUT2D eigenvalue weighted by molar-refractivity contribution is 7.09. The maximum Gasteiger partial charge on any atom is 0.200 e. The van der Waals surface area contributed by atoms with E-state index in [1.807, 2.05) is 12.3 Å². The molecule has 7 heteroatoms. The normalized spacial score (nSPS) is 10.8. The summed E-state index contributed by atoms with van der Waals surface area (Å²) in [5.41, 5.74) is 2.33. The highest BCUT2D eigenvalue weighted by Gasteiger charge is 2.18. The Kier molecular flexibility index (Phi) is 2.83. The molecule has 3 aromatic rings. The molecule has 1 aromatic carbocycles. The van der Waals surface area contributed by atoms with Crippen molar-refractivity contribution in [1.82, 2.24) is 15.2 Å². The maximum absolute atomic E-state index is 9.95. The van der Waals surface area contributed by atoms with Gasteiger partial charge in [0.2, 0.25) is 5.75 Å². The lowest BCUT2D eigenvalue weighted by molar-refractivity contribution is 0.369. The van der Waals surface area contributed by atoms with Gasteiger partial charge in [-0.15, -0.1) is 11.3 Å². The number of phenolic OH excluding ortho intramolecular Hbond substituents is 3. The number of nitrogens with zero attached hydrogens (tertiary/aromatic N) is 2. The zero-order chi connectivity index (χ0) is 14.3. The molecule has 0 amide bonds. The van der Waals surface area contributed by atoms with Crippen LogP contribution in [0, 0.1) is 6.92 Å². The third kappa shape index (κ3) is 1.88. The molecule has 0 unspecified atom stereocenters. The molecule has 0 aliphatic rings. The van der Waals surface area contributed by atoms with Crippen LogP contribution in [0.3, 0.4) is 0 Å². The number of H-pyrrole nitrogens is 1. The largest absolute Gasteiger partial charge is 0.504 e. The SMILES string of the molecule is Cc1nc(-c2cn[nH]c2-c2ccc(O)c(O)c2O)cs1. The third-order valence-corrected chi connectivity index (χ3v) is 3.71. The zero-order valence-electron chi connectivity index (χ0n) is 10.5. The molecule has 3 rings (SSSR count). The van der Waals surface area contributed by atoms with E-state index in [2.05, 4.69) is 15.2 Å². The van der Waals surface area contributed by atoms with Crippen molar-refractivity contribution in [2.45, 2.75) is 6.92 Å². The minimum absolute atomic E-state index is 0.346. The number of hydrogen-bond acceptors (Lipinski definition) is 6. The van der Waals surface area contributed by atoms with E-state index in [9.17, 15) is 15.3 Å². The third-order valence-electron chi connectivity index (χ3n) is 2.93. The zero-order valence-corrected chi connectivity index (χ0v) is 11.3. The van der Waals surface area contributed by atoms with Crippen LogP contribution in [-0.2, 0) is 0 Å². The molecular formula is C13H11N3O3S. The van der Waals surface area contributed by atoms with Gasteiger partial charge in [0.05, 0.1) is 22.6 Å². The topological polar surface area (TPSA) is 102 Å². The summed E-state index contributed by atoms with van der Waals surface area (Å²) >= 11 is 1.51. The van der Waals surface area contributed by atoms with Crippen LogP contribution in [0.1, 0.15) is 5.01 Å². The Bertz CT molecular complexity index is 779. The van der Waals surface area contributed by atoms with Crippen LogP contribution in [0.25, 0.3) is 22.5 Å². The summed E-state index contributed by atoms with van der Waals surface area (Å²) in [5.74, 6) is -1.34. The highest BCUT2D eigenvalue weighted by atomic mass is 32.1. The summed E-state index contributed by atoms with van der Waals surface area (Å²) in [6, 6.07) is 2.81. The first-order chi connectivity index (χ1) is 9.58. The second-order valence-corrected chi connectivity index (χ2v) is 5.30. The van der Waals surface area contributed by atoms with Gasteiger partial charge in [-0.3, -0.25) is 5.10 Å². The molecule has 2 aromatic heterocycles. The van der Waals surface area contributed by atoms with Crippen molar-refractivity contribution < 1.29 is 15.3 Å². The number of phenols is 3. The Balaban J connectivity index is 2.18. The Hall–Kier alpha value is -2.54. The van der Waals surface area contributed by atoms with Gasteiger partial charge >= 0.3 is 0 Å². The molecule has 0 bridgehead atoms. The van der Waals surface area contributed by atoms with Crippen molar-refractivity contribution in [1.29, 1.82) is 0 Å². The summed E-state index contributed by atoms with van der Waals surface area (Å²) in [6.45, 7) is 1.90. The van der Waals surface area contributed by atoms with Crippen LogP contribution in [0.2, 0.25) is 0 Å². The molecule has 6 nitrogen and oxygen atoms in total. The van der Waals surface area contributed by atoms with Gasteiger partial charge in [0, 0.05) is 16.5 Å². The second kappa shape index (κ2) is 4.53. The summed E-state index contributed by atoms with van der Waals surface area (Å²) in [5, 5.41) is 38.5. The van der Waals surface area contributed by atoms with Crippen LogP contribution < -0.4 is 0 Å². The molecule has 0 atom stereocenters. The van der Waals surface area contributed by atoms with E-state index in [1.54, 1.807) is 6.20 Å². The predicted molar refractivity (Wildman–Crippen MR) is 74.9 cm³/mol. The molecule has 0 spiro atoms. The minimum Gasteiger partial charge on any atom is -0.504 e. The van der Waals surface area contributed by atoms with Crippen molar-refractivity contribution >= 4 is 11.3 Å². The van der Waals surface area contributed by atoms with Gasteiger partial charge in [0.1, 0.15) is 0 Å². The van der Waals surface area contributed by atoms with Gasteiger partial charge in [-0.1, -0.05) is 0 Å². The molecule has 0 saturated heterocycles. The standard InChI is InChI=1S/C13H11N3O3S/c1-6-15-9(5-20-6)8-4-14-16-11(8)7-2-3-10(17)13(19)12(7)18/h2-5,17-19H,1H3,(H,14,16). The van der Waals surface area contributed by atoms with Gasteiger partial charge in [0.25, 0.3) is 0 Å². The van der Waals surface area contributed by atoms with Crippen LogP contribution in [-0.4, -0.2) is 30.5 Å². The van der Waals surface area contributed by atoms with Crippen LogP contribution >= 0.6 is 11.3 Å². The van der Waals surface area contributed by atoms with Gasteiger partial charge < -0.3 is 15.3 Å². The van der Waals surface area contributed by atoms with Crippen molar-refractivity contribution in [2.24, 2.45) is 0 Å². The number of aromatic amines is 1. The van der Waals surface area contributed by atoms with Crippen molar-refractivity contribution in [3.05, 3.63) is 28.7 Å². The Morgan fingerprint density at radius 2 is 1.90 bits per heavy atom. The van der Waals surface area contributed by atoms with Gasteiger partial charge in [-0.2, -0.15) is 5.10 Å². The summed E-state index contributed by atoms with van der Waals surface area (Å²) < 4.78 is 0. The number of aryl methyl sites for hydroxylation is 1. The lowest BCUT2D eigenvalue weighted by Crippen LogP contribution is -1.85. The van der Waals surface area contributed by atoms with Crippen molar-refractivity contribution in [3.8, 4) is 39.8 Å². The Morgan fingerprint density at radius 3 is 2.60 bits per heavy atom.